The van der Waals surface area contributed by atoms with E-state index in [0.29, 0.717) is 56.4 Å². The second-order valence-electron chi connectivity index (χ2n) is 27.5. The van der Waals surface area contributed by atoms with E-state index >= 15 is 0 Å². The average molecular weight is 1430 g/mol. The molecule has 514 valence electrons. The van der Waals surface area contributed by atoms with Crippen molar-refractivity contribution in [2.75, 3.05) is 0 Å². The highest BCUT2D eigenvalue weighted by Gasteiger charge is 2.35. The van der Waals surface area contributed by atoms with Crippen LogP contribution in [0.1, 0.15) is 258 Å². The number of thiophene rings is 6. The Kier molecular flexibility index (Phi) is 26.6. The number of nitriles is 2. The molecule has 2 atom stereocenters. The number of fused-ring (bicyclic) bond motifs is 4. The van der Waals surface area contributed by atoms with Gasteiger partial charge in [0.1, 0.15) is 0 Å². The lowest BCUT2D eigenvalue weighted by Gasteiger charge is -2.16. The summed E-state index contributed by atoms with van der Waals surface area (Å²) in [5.41, 5.74) is 8.93. The maximum Gasteiger partial charge on any atom is 0.270 e. The molecule has 100 heavy (non-hydrogen) atoms. The van der Waals surface area contributed by atoms with Gasteiger partial charge < -0.3 is 0 Å². The van der Waals surface area contributed by atoms with Gasteiger partial charge in [-0.2, -0.15) is 0 Å². The molecule has 9 aromatic rings. The molecule has 6 aromatic heterocycles. The van der Waals surface area contributed by atoms with E-state index in [2.05, 4.69) is 112 Å². The molecule has 3 aromatic carbocycles. The molecule has 2 aliphatic carbocycles. The number of hydrogen-bond acceptors (Lipinski definition) is 10. The number of allylic oxidation sites excluding steroid dienone is 6. The normalized spacial score (nSPS) is 15.2. The van der Waals surface area contributed by atoms with Crippen molar-refractivity contribution in [3.05, 3.63) is 195 Å². The first kappa shape index (κ1) is 73.8. The van der Waals surface area contributed by atoms with E-state index < -0.39 is 0 Å². The van der Waals surface area contributed by atoms with Crippen LogP contribution in [0.3, 0.4) is 0 Å². The summed E-state index contributed by atoms with van der Waals surface area (Å²) in [5, 5.41) is 23.2. The number of nitrogens with zero attached hydrogens (tertiary/aromatic N) is 4. The van der Waals surface area contributed by atoms with E-state index in [1.165, 1.54) is 184 Å². The third-order valence-electron chi connectivity index (χ3n) is 20.2. The number of Topliss-reactive ketones (excluding diaryl/α,β-unsaturated/α-hetero) is 2. The Morgan fingerprint density at radius 3 is 1.17 bits per heavy atom. The summed E-state index contributed by atoms with van der Waals surface area (Å²) < 4.78 is 2.56. The van der Waals surface area contributed by atoms with Crippen molar-refractivity contribution in [2.45, 2.75) is 221 Å². The molecule has 0 radical (unpaired) electrons. The minimum atomic E-state index is -0.157. The zero-order valence-corrected chi connectivity index (χ0v) is 64.3. The lowest BCUT2D eigenvalue weighted by atomic mass is 9.92. The Morgan fingerprint density at radius 2 is 0.800 bits per heavy atom. The lowest BCUT2D eigenvalue weighted by Crippen LogP contribution is -2.04. The minimum Gasteiger partial charge on any atom is -0.289 e. The van der Waals surface area contributed by atoms with Crippen LogP contribution in [0.25, 0.3) is 93.6 Å². The minimum absolute atomic E-state index is 0.0693. The van der Waals surface area contributed by atoms with Crippen molar-refractivity contribution >= 4 is 123 Å². The maximum absolute atomic E-state index is 14.5. The van der Waals surface area contributed by atoms with Crippen molar-refractivity contribution in [1.82, 2.24) is 0 Å². The Labute approximate surface area is 619 Å². The molecule has 0 bridgehead atoms. The van der Waals surface area contributed by atoms with E-state index in [4.69, 9.17) is 13.1 Å². The first-order chi connectivity index (χ1) is 49.0. The van der Waals surface area contributed by atoms with Crippen LogP contribution in [0, 0.1) is 47.6 Å². The van der Waals surface area contributed by atoms with Crippen LogP contribution in [0.2, 0.25) is 0 Å². The highest BCUT2D eigenvalue weighted by atomic mass is 32.1. The molecule has 0 saturated carbocycles. The molecule has 0 aliphatic heterocycles. The van der Waals surface area contributed by atoms with Crippen LogP contribution in [0.5, 0.6) is 0 Å². The van der Waals surface area contributed by atoms with E-state index in [1.807, 2.05) is 106 Å². The lowest BCUT2D eigenvalue weighted by molar-refractivity contribution is 0.103. The third-order valence-corrected chi connectivity index (χ3v) is 27.4. The van der Waals surface area contributed by atoms with E-state index in [0.717, 1.165) is 86.8 Å². The quantitative estimate of drug-likeness (QED) is 0.0169. The number of carbonyl (C=O) groups is 2. The van der Waals surface area contributed by atoms with E-state index in [9.17, 15) is 20.1 Å². The van der Waals surface area contributed by atoms with Crippen LogP contribution >= 0.6 is 68.0 Å². The van der Waals surface area contributed by atoms with Crippen LogP contribution in [-0.4, -0.2) is 11.6 Å². The van der Waals surface area contributed by atoms with Crippen molar-refractivity contribution < 1.29 is 9.59 Å². The van der Waals surface area contributed by atoms with Gasteiger partial charge in [-0.3, -0.25) is 9.59 Å². The SMILES string of the molecule is [C-]#[N+]C(C#N)=C1/C(=C/c2cc(CCCCCC)c(-c3cc4c(-c5ccc(CC(CCCC)CCCCCC)s5)c5sc(-c6sc(/C=C7\C(=O)c8ccccc8\C7=C(\C#N)[N+]#[C-])cc6CCCCCC)cc5c(-c5ccc(CC(CCCC)CCCCCC)s5)c4s3)s2)C(=O)c2ccccc21. The van der Waals surface area contributed by atoms with Gasteiger partial charge >= 0.3 is 0 Å². The first-order valence-electron chi connectivity index (χ1n) is 37.2. The van der Waals surface area contributed by atoms with Crippen molar-refractivity contribution in [3.63, 3.8) is 0 Å². The van der Waals surface area contributed by atoms with Gasteiger partial charge in [-0.15, -0.1) is 68.0 Å². The topological polar surface area (TPSA) is 90.4 Å². The summed E-state index contributed by atoms with van der Waals surface area (Å²) in [6, 6.07) is 38.4. The Balaban J connectivity index is 1.15. The Hall–Kier alpha value is -7.36. The van der Waals surface area contributed by atoms with Crippen LogP contribution in [-0.2, 0) is 25.7 Å². The third kappa shape index (κ3) is 16.7. The van der Waals surface area contributed by atoms with E-state index in [1.54, 1.807) is 22.7 Å². The molecule has 0 saturated heterocycles. The number of benzene rings is 3. The number of unbranched alkanes of at least 4 members (excludes halogenated alkanes) is 14. The zero-order valence-electron chi connectivity index (χ0n) is 59.4. The van der Waals surface area contributed by atoms with Crippen molar-refractivity contribution in [3.8, 4) is 52.5 Å². The summed E-state index contributed by atoms with van der Waals surface area (Å²) in [6.45, 7) is 29.9. The standard InChI is InChI=1S/C88H94N4O2S6/c1-9-15-21-25-35-57(33-19-13-5)47-61-43-45-75(95-61)81-71-53-77(85-59(37-27-23-17-11-3)49-63(97-85)51-69-79(73(55-89)91-7)65-39-29-31-41-67(65)83(69)93)100-88(71)82(76-46-44-62(96-76)48-58(34-20-14-6)36-26-22-16-10-2)72-54-78(99-87(72)81)86-60(38-28-24-18-12-4)50-64(98-86)52-70-80(74(56-90)92-8)66-40-30-32-42-68(66)84(70)94/h29-32,39-46,49-54,57-58H,9-28,33-38,47-48H2,1-6H3/b69-51-,70-52-,79-73+,80-74?. The predicted molar refractivity (Wildman–Crippen MR) is 433 cm³/mol. The smallest absolute Gasteiger partial charge is 0.270 e. The fourth-order valence-corrected chi connectivity index (χ4v) is 22.5. The van der Waals surface area contributed by atoms with Gasteiger partial charge in [-0.1, -0.05) is 231 Å². The second kappa shape index (κ2) is 36.0. The molecule has 12 heteroatoms. The molecule has 6 heterocycles. The maximum atomic E-state index is 14.5. The second-order valence-corrected chi connectivity index (χ2v) is 34.1. The van der Waals surface area contributed by atoms with E-state index in [-0.39, 0.29) is 23.0 Å². The summed E-state index contributed by atoms with van der Waals surface area (Å²) in [6.07, 6.45) is 36.9. The molecule has 2 aliphatic rings. The van der Waals surface area contributed by atoms with Gasteiger partial charge in [0.05, 0.1) is 25.3 Å². The largest absolute Gasteiger partial charge is 0.289 e. The number of rotatable bonds is 36. The number of carbonyl (C=O) groups excluding carboxylic acids is 2. The Bertz CT molecular complexity index is 4340. The van der Waals surface area contributed by atoms with Gasteiger partial charge in [0.2, 0.25) is 0 Å². The molecule has 0 spiro atoms. The zero-order chi connectivity index (χ0) is 70.1. The number of ketones is 2. The molecular formula is C88H94N4O2S6. The predicted octanol–water partition coefficient (Wildman–Crippen LogP) is 28.8. The fourth-order valence-electron chi connectivity index (χ4n) is 15.0. The van der Waals surface area contributed by atoms with Gasteiger partial charge in [0, 0.05) is 113 Å². The van der Waals surface area contributed by atoms with Gasteiger partial charge in [-0.25, -0.2) is 20.2 Å². The molecule has 6 nitrogen and oxygen atoms in total. The van der Waals surface area contributed by atoms with Gasteiger partial charge in [0.15, 0.2) is 11.6 Å². The summed E-state index contributed by atoms with van der Waals surface area (Å²) >= 11 is 11.2. The van der Waals surface area contributed by atoms with Gasteiger partial charge in [0.25, 0.3) is 11.4 Å². The molecule has 0 fully saturated rings. The van der Waals surface area contributed by atoms with Crippen molar-refractivity contribution in [1.29, 1.82) is 10.5 Å². The molecule has 0 amide bonds. The first-order valence-corrected chi connectivity index (χ1v) is 42.1. The van der Waals surface area contributed by atoms with Crippen LogP contribution < -0.4 is 0 Å². The van der Waals surface area contributed by atoms with Gasteiger partial charge in [-0.05, 0) is 133 Å². The van der Waals surface area contributed by atoms with Crippen molar-refractivity contribution in [2.24, 2.45) is 11.8 Å². The average Bonchev–Trinajstić information content (AvgIpc) is 1.56. The molecule has 11 rings (SSSR count). The summed E-state index contributed by atoms with van der Waals surface area (Å²) in [7, 11) is 0. The highest BCUT2D eigenvalue weighted by Crippen LogP contribution is 2.57. The fraction of sp³-hybridized carbons (Fsp3) is 0.409. The molecule has 2 unspecified atom stereocenters. The monoisotopic (exact) mass is 1430 g/mol. The number of hydrogen-bond donors (Lipinski definition) is 0. The van der Waals surface area contributed by atoms with Crippen LogP contribution in [0.4, 0.5) is 0 Å². The summed E-state index contributed by atoms with van der Waals surface area (Å²) in [4.78, 5) is 48.5. The molecular weight excluding hydrogens is 1340 g/mol. The summed E-state index contributed by atoms with van der Waals surface area (Å²) in [5.74, 6) is 0.957. The number of aryl methyl sites for hydroxylation is 2. The molecule has 0 N–H and O–H groups in total. The highest BCUT2D eigenvalue weighted by molar-refractivity contribution is 7.29. The van der Waals surface area contributed by atoms with Crippen LogP contribution in [0.15, 0.2) is 120 Å². The Morgan fingerprint density at radius 1 is 0.430 bits per heavy atom.